The lowest BCUT2D eigenvalue weighted by Crippen LogP contribution is -2.40. The second kappa shape index (κ2) is 5.52. The van der Waals surface area contributed by atoms with E-state index in [1.165, 1.54) is 5.56 Å². The summed E-state index contributed by atoms with van der Waals surface area (Å²) in [5.74, 6) is 0.290. The van der Waals surface area contributed by atoms with Crippen LogP contribution in [0.1, 0.15) is 38.3 Å². The molecule has 1 aromatic rings. The number of aryl methyl sites for hydroxylation is 1. The minimum absolute atomic E-state index is 0.256. The van der Waals surface area contributed by atoms with E-state index in [1.54, 1.807) is 0 Å². The number of carbonyl (C=O) groups excluding carboxylic acids is 1. The van der Waals surface area contributed by atoms with Crippen molar-refractivity contribution in [2.75, 3.05) is 13.1 Å². The molecule has 2 atom stereocenters. The minimum Gasteiger partial charge on any atom is -0.341 e. The van der Waals surface area contributed by atoms with Crippen LogP contribution in [0.2, 0.25) is 0 Å². The number of likely N-dealkylation sites (tertiary alicyclic amines) is 1. The highest BCUT2D eigenvalue weighted by Gasteiger charge is 2.22. The molecule has 2 rings (SSSR count). The first kappa shape index (κ1) is 13.1. The van der Waals surface area contributed by atoms with Crippen molar-refractivity contribution >= 4 is 5.91 Å². The summed E-state index contributed by atoms with van der Waals surface area (Å²) in [6.07, 6.45) is 5.62. The summed E-state index contributed by atoms with van der Waals surface area (Å²) in [4.78, 5) is 13.5. The fraction of sp³-hybridized carbons (Fsp3) is 0.692. The van der Waals surface area contributed by atoms with E-state index >= 15 is 0 Å². The number of nitrogens with zero attached hydrogens (tertiary/aromatic N) is 3. The Morgan fingerprint density at radius 1 is 1.50 bits per heavy atom. The van der Waals surface area contributed by atoms with Gasteiger partial charge in [-0.1, -0.05) is 0 Å². The van der Waals surface area contributed by atoms with Gasteiger partial charge in [-0.25, -0.2) is 0 Å². The fourth-order valence-electron chi connectivity index (χ4n) is 2.47. The Labute approximate surface area is 108 Å². The van der Waals surface area contributed by atoms with Crippen LogP contribution in [0, 0.1) is 0 Å². The van der Waals surface area contributed by atoms with Crippen LogP contribution in [0.4, 0.5) is 0 Å². The van der Waals surface area contributed by atoms with E-state index in [4.69, 9.17) is 0 Å². The first-order valence-electron chi connectivity index (χ1n) is 6.58. The highest BCUT2D eigenvalue weighted by atomic mass is 16.2. The van der Waals surface area contributed by atoms with Gasteiger partial charge < -0.3 is 10.2 Å². The lowest BCUT2D eigenvalue weighted by Gasteiger charge is -2.24. The van der Waals surface area contributed by atoms with E-state index in [1.807, 2.05) is 29.0 Å². The summed E-state index contributed by atoms with van der Waals surface area (Å²) < 4.78 is 1.81. The van der Waals surface area contributed by atoms with Crippen LogP contribution in [0.25, 0.3) is 0 Å². The van der Waals surface area contributed by atoms with E-state index in [9.17, 15) is 4.79 Å². The third-order valence-electron chi connectivity index (χ3n) is 3.42. The molecule has 18 heavy (non-hydrogen) atoms. The molecule has 0 radical (unpaired) electrons. The van der Waals surface area contributed by atoms with E-state index in [0.717, 1.165) is 19.5 Å². The fourth-order valence-corrected chi connectivity index (χ4v) is 2.47. The highest BCUT2D eigenvalue weighted by molar-refractivity contribution is 5.78. The van der Waals surface area contributed by atoms with Gasteiger partial charge in [0, 0.05) is 50.4 Å². The third kappa shape index (κ3) is 3.10. The van der Waals surface area contributed by atoms with Gasteiger partial charge in [0.2, 0.25) is 5.91 Å². The first-order chi connectivity index (χ1) is 8.56. The van der Waals surface area contributed by atoms with Crippen LogP contribution in [0.3, 0.4) is 0 Å². The normalized spacial score (nSPS) is 19.3. The number of nitrogens with one attached hydrogen (secondary N) is 1. The predicted molar refractivity (Wildman–Crippen MR) is 70.0 cm³/mol. The number of hydrogen-bond acceptors (Lipinski definition) is 3. The molecule has 2 unspecified atom stereocenters. The van der Waals surface area contributed by atoms with Crippen molar-refractivity contribution in [2.45, 2.75) is 38.8 Å². The van der Waals surface area contributed by atoms with Crippen LogP contribution >= 0.6 is 0 Å². The van der Waals surface area contributed by atoms with Crippen molar-refractivity contribution < 1.29 is 4.79 Å². The van der Waals surface area contributed by atoms with Gasteiger partial charge in [0.25, 0.3) is 0 Å². The summed E-state index contributed by atoms with van der Waals surface area (Å²) in [5.41, 5.74) is 1.18. The summed E-state index contributed by atoms with van der Waals surface area (Å²) in [6.45, 7) is 5.95. The van der Waals surface area contributed by atoms with E-state index in [2.05, 4.69) is 24.3 Å². The maximum Gasteiger partial charge on any atom is 0.222 e. The molecule has 5 nitrogen and oxygen atoms in total. The number of rotatable bonds is 5. The quantitative estimate of drug-likeness (QED) is 0.851. The van der Waals surface area contributed by atoms with Gasteiger partial charge in [-0.3, -0.25) is 9.48 Å². The van der Waals surface area contributed by atoms with Crippen LogP contribution in [0.5, 0.6) is 0 Å². The van der Waals surface area contributed by atoms with Crippen molar-refractivity contribution in [3.8, 4) is 0 Å². The molecule has 1 aliphatic rings. The second-order valence-corrected chi connectivity index (χ2v) is 5.18. The van der Waals surface area contributed by atoms with Gasteiger partial charge in [-0.2, -0.15) is 5.10 Å². The molecule has 5 heteroatoms. The second-order valence-electron chi connectivity index (χ2n) is 5.18. The zero-order chi connectivity index (χ0) is 13.1. The van der Waals surface area contributed by atoms with Crippen molar-refractivity contribution in [3.63, 3.8) is 0 Å². The van der Waals surface area contributed by atoms with Crippen LogP contribution in [-0.4, -0.2) is 39.7 Å². The number of aromatic nitrogens is 2. The first-order valence-corrected chi connectivity index (χ1v) is 6.58. The Morgan fingerprint density at radius 3 is 2.83 bits per heavy atom. The molecule has 1 aromatic heterocycles. The predicted octanol–water partition coefficient (Wildman–Crippen LogP) is 1.08. The maximum absolute atomic E-state index is 11.6. The van der Waals surface area contributed by atoms with Crippen molar-refractivity contribution in [1.82, 2.24) is 20.0 Å². The average molecular weight is 250 g/mol. The van der Waals surface area contributed by atoms with Gasteiger partial charge in [-0.05, 0) is 20.3 Å². The van der Waals surface area contributed by atoms with Gasteiger partial charge in [0.05, 0.1) is 6.20 Å². The van der Waals surface area contributed by atoms with Crippen LogP contribution in [-0.2, 0) is 11.8 Å². The lowest BCUT2D eigenvalue weighted by atomic mass is 10.1. The summed E-state index contributed by atoms with van der Waals surface area (Å²) in [7, 11) is 1.92. The third-order valence-corrected chi connectivity index (χ3v) is 3.42. The highest BCUT2D eigenvalue weighted by Crippen LogP contribution is 2.13. The van der Waals surface area contributed by atoms with Crippen LogP contribution in [0.15, 0.2) is 12.4 Å². The number of amides is 1. The SMILES string of the molecule is CC(CN1CCCC1=O)NC(C)c1cnn(C)c1. The molecule has 0 bridgehead atoms. The molecule has 2 heterocycles. The zero-order valence-electron chi connectivity index (χ0n) is 11.4. The maximum atomic E-state index is 11.6. The van der Waals surface area contributed by atoms with E-state index in [0.29, 0.717) is 12.5 Å². The average Bonchev–Trinajstić information content (AvgIpc) is 2.89. The largest absolute Gasteiger partial charge is 0.341 e. The molecular formula is C13H22N4O. The van der Waals surface area contributed by atoms with E-state index < -0.39 is 0 Å². The van der Waals surface area contributed by atoms with Gasteiger partial charge in [0.1, 0.15) is 0 Å². The monoisotopic (exact) mass is 250 g/mol. The molecule has 0 saturated carbocycles. The Hall–Kier alpha value is -1.36. The molecule has 1 aliphatic heterocycles. The smallest absolute Gasteiger partial charge is 0.222 e. The van der Waals surface area contributed by atoms with Gasteiger partial charge in [-0.15, -0.1) is 0 Å². The van der Waals surface area contributed by atoms with Crippen molar-refractivity contribution in [1.29, 1.82) is 0 Å². The molecule has 100 valence electrons. The molecule has 0 aromatic carbocycles. The molecule has 0 aliphatic carbocycles. The zero-order valence-corrected chi connectivity index (χ0v) is 11.4. The Kier molecular flexibility index (Phi) is 4.01. The molecule has 0 spiro atoms. The lowest BCUT2D eigenvalue weighted by molar-refractivity contribution is -0.127. The summed E-state index contributed by atoms with van der Waals surface area (Å²) in [5, 5.41) is 7.68. The Morgan fingerprint density at radius 2 is 2.28 bits per heavy atom. The van der Waals surface area contributed by atoms with Crippen LogP contribution < -0.4 is 5.32 Å². The topological polar surface area (TPSA) is 50.2 Å². The number of carbonyl (C=O) groups is 1. The summed E-state index contributed by atoms with van der Waals surface area (Å²) >= 11 is 0. The van der Waals surface area contributed by atoms with Crippen molar-refractivity contribution in [2.24, 2.45) is 7.05 Å². The standard InChI is InChI=1S/C13H22N4O/c1-10(8-17-6-4-5-13(17)18)15-11(2)12-7-14-16(3)9-12/h7,9-11,15H,4-6,8H2,1-3H3. The molecule has 1 saturated heterocycles. The molecule has 1 N–H and O–H groups in total. The Bertz CT molecular complexity index is 415. The van der Waals surface area contributed by atoms with E-state index in [-0.39, 0.29) is 11.9 Å². The summed E-state index contributed by atoms with van der Waals surface area (Å²) in [6, 6.07) is 0.550. The molecular weight excluding hydrogens is 228 g/mol. The van der Waals surface area contributed by atoms with Gasteiger partial charge >= 0.3 is 0 Å². The minimum atomic E-state index is 0.256. The van der Waals surface area contributed by atoms with Crippen molar-refractivity contribution in [3.05, 3.63) is 18.0 Å². The van der Waals surface area contributed by atoms with Gasteiger partial charge in [0.15, 0.2) is 0 Å². The Balaban J connectivity index is 1.83. The number of hydrogen-bond donors (Lipinski definition) is 1. The molecule has 1 fully saturated rings. The molecule has 1 amide bonds.